The molecule has 0 spiro atoms. The number of nitrogens with zero attached hydrogens (tertiary/aromatic N) is 2. The smallest absolute Gasteiger partial charge is 0.257 e. The van der Waals surface area contributed by atoms with Gasteiger partial charge in [-0.25, -0.2) is 4.98 Å². The molecule has 1 fully saturated rings. The summed E-state index contributed by atoms with van der Waals surface area (Å²) < 4.78 is 5.70. The van der Waals surface area contributed by atoms with Crippen molar-refractivity contribution in [1.29, 1.82) is 0 Å². The second-order valence-corrected chi connectivity index (χ2v) is 7.69. The number of hydrogen-bond acceptors (Lipinski definition) is 4. The third-order valence-electron chi connectivity index (χ3n) is 4.08. The number of rotatable bonds is 3. The number of oxazole rings is 1. The SMILES string of the molecule is CC1CC(C)CN(C(=O)C(C)Sc2nc3ccccc3o2)C1. The number of piperidine rings is 1. The van der Waals surface area contributed by atoms with E-state index in [2.05, 4.69) is 18.8 Å². The summed E-state index contributed by atoms with van der Waals surface area (Å²) >= 11 is 1.40. The van der Waals surface area contributed by atoms with Gasteiger partial charge < -0.3 is 9.32 Å². The van der Waals surface area contributed by atoms with E-state index in [0.717, 1.165) is 24.2 Å². The molecule has 22 heavy (non-hydrogen) atoms. The molecule has 3 unspecified atom stereocenters. The summed E-state index contributed by atoms with van der Waals surface area (Å²) in [5, 5.41) is 0.394. The van der Waals surface area contributed by atoms with Crippen LogP contribution in [-0.4, -0.2) is 34.1 Å². The first-order valence-corrected chi connectivity index (χ1v) is 8.72. The molecule has 1 aliphatic rings. The van der Waals surface area contributed by atoms with Crippen LogP contribution in [0.15, 0.2) is 33.9 Å². The van der Waals surface area contributed by atoms with Gasteiger partial charge >= 0.3 is 0 Å². The predicted octanol–water partition coefficient (Wildman–Crippen LogP) is 3.81. The Labute approximate surface area is 135 Å². The zero-order valence-corrected chi connectivity index (χ0v) is 14.1. The van der Waals surface area contributed by atoms with E-state index >= 15 is 0 Å². The maximum atomic E-state index is 12.6. The lowest BCUT2D eigenvalue weighted by Crippen LogP contribution is -2.45. The fourth-order valence-corrected chi connectivity index (χ4v) is 4.04. The van der Waals surface area contributed by atoms with Gasteiger partial charge in [-0.2, -0.15) is 0 Å². The minimum atomic E-state index is -0.175. The van der Waals surface area contributed by atoms with Gasteiger partial charge in [0, 0.05) is 13.1 Å². The van der Waals surface area contributed by atoms with E-state index in [1.165, 1.54) is 18.2 Å². The molecule has 5 heteroatoms. The highest BCUT2D eigenvalue weighted by atomic mass is 32.2. The summed E-state index contributed by atoms with van der Waals surface area (Å²) in [7, 11) is 0. The van der Waals surface area contributed by atoms with Crippen molar-refractivity contribution >= 4 is 28.8 Å². The minimum Gasteiger partial charge on any atom is -0.431 e. The van der Waals surface area contributed by atoms with E-state index in [0.29, 0.717) is 17.1 Å². The fraction of sp³-hybridized carbons (Fsp3) is 0.529. The van der Waals surface area contributed by atoms with Crippen LogP contribution in [0.4, 0.5) is 0 Å². The third kappa shape index (κ3) is 3.29. The van der Waals surface area contributed by atoms with Gasteiger partial charge in [0.25, 0.3) is 5.22 Å². The molecule has 0 N–H and O–H groups in total. The topological polar surface area (TPSA) is 46.3 Å². The highest BCUT2D eigenvalue weighted by molar-refractivity contribution is 8.00. The van der Waals surface area contributed by atoms with Gasteiger partial charge in [-0.3, -0.25) is 4.79 Å². The van der Waals surface area contributed by atoms with Crippen molar-refractivity contribution in [3.05, 3.63) is 24.3 Å². The number of thioether (sulfide) groups is 1. The van der Waals surface area contributed by atoms with Gasteiger partial charge in [-0.1, -0.05) is 37.7 Å². The Morgan fingerprint density at radius 2 is 2.00 bits per heavy atom. The molecular formula is C17H22N2O2S. The van der Waals surface area contributed by atoms with Crippen molar-refractivity contribution < 1.29 is 9.21 Å². The first-order chi connectivity index (χ1) is 10.5. The summed E-state index contributed by atoms with van der Waals surface area (Å²) in [4.78, 5) is 19.1. The molecule has 0 radical (unpaired) electrons. The predicted molar refractivity (Wildman–Crippen MR) is 88.9 cm³/mol. The van der Waals surface area contributed by atoms with E-state index in [1.807, 2.05) is 36.1 Å². The molecular weight excluding hydrogens is 296 g/mol. The summed E-state index contributed by atoms with van der Waals surface area (Å²) in [5.74, 6) is 1.34. The largest absolute Gasteiger partial charge is 0.431 e. The Kier molecular flexibility index (Phi) is 4.43. The second-order valence-electron chi connectivity index (χ2n) is 6.40. The Morgan fingerprint density at radius 3 is 2.68 bits per heavy atom. The summed E-state index contributed by atoms with van der Waals surface area (Å²) in [6.45, 7) is 8.10. The standard InChI is InChI=1S/C17H22N2O2S/c1-11-8-12(2)10-19(9-11)16(20)13(3)22-17-18-14-6-4-5-7-15(14)21-17/h4-7,11-13H,8-10H2,1-3H3. The van der Waals surface area contributed by atoms with Gasteiger partial charge in [-0.15, -0.1) is 0 Å². The monoisotopic (exact) mass is 318 g/mol. The number of carbonyl (C=O) groups is 1. The van der Waals surface area contributed by atoms with Crippen LogP contribution in [0.2, 0.25) is 0 Å². The van der Waals surface area contributed by atoms with Crippen molar-refractivity contribution in [2.45, 2.75) is 37.7 Å². The van der Waals surface area contributed by atoms with Crippen LogP contribution in [0.3, 0.4) is 0 Å². The molecule has 1 aromatic heterocycles. The Balaban J connectivity index is 1.68. The first-order valence-electron chi connectivity index (χ1n) is 7.84. The molecule has 3 rings (SSSR count). The molecule has 0 aliphatic carbocycles. The lowest BCUT2D eigenvalue weighted by molar-refractivity contribution is -0.132. The normalized spacial score (nSPS) is 23.7. The van der Waals surface area contributed by atoms with Crippen LogP contribution in [0.1, 0.15) is 27.2 Å². The molecule has 118 valence electrons. The van der Waals surface area contributed by atoms with Crippen molar-refractivity contribution in [2.75, 3.05) is 13.1 Å². The zero-order chi connectivity index (χ0) is 15.7. The Morgan fingerprint density at radius 1 is 1.32 bits per heavy atom. The van der Waals surface area contributed by atoms with Crippen molar-refractivity contribution in [3.8, 4) is 0 Å². The summed E-state index contributed by atoms with van der Waals surface area (Å²) in [5.41, 5.74) is 1.61. The molecule has 2 aromatic rings. The maximum Gasteiger partial charge on any atom is 0.257 e. The number of benzene rings is 1. The molecule has 0 saturated carbocycles. The molecule has 1 amide bonds. The number of carbonyl (C=O) groups excluding carboxylic acids is 1. The van der Waals surface area contributed by atoms with E-state index in [4.69, 9.17) is 4.42 Å². The van der Waals surface area contributed by atoms with Gasteiger partial charge in [0.1, 0.15) is 5.52 Å². The molecule has 4 nitrogen and oxygen atoms in total. The van der Waals surface area contributed by atoms with Gasteiger partial charge in [0.15, 0.2) is 5.58 Å². The zero-order valence-electron chi connectivity index (χ0n) is 13.3. The molecule has 0 bridgehead atoms. The molecule has 2 heterocycles. The highest BCUT2D eigenvalue weighted by Crippen LogP contribution is 2.29. The van der Waals surface area contributed by atoms with Crippen molar-refractivity contribution in [1.82, 2.24) is 9.88 Å². The Hall–Kier alpha value is -1.49. The molecule has 1 aliphatic heterocycles. The molecule has 3 atom stereocenters. The second kappa shape index (κ2) is 6.32. The quantitative estimate of drug-likeness (QED) is 0.807. The number of likely N-dealkylation sites (tertiary alicyclic amines) is 1. The van der Waals surface area contributed by atoms with Gasteiger partial charge in [-0.05, 0) is 37.3 Å². The van der Waals surface area contributed by atoms with E-state index in [1.54, 1.807) is 0 Å². The van der Waals surface area contributed by atoms with Gasteiger partial charge in [0.05, 0.1) is 5.25 Å². The van der Waals surface area contributed by atoms with Crippen LogP contribution in [0, 0.1) is 11.8 Å². The summed E-state index contributed by atoms with van der Waals surface area (Å²) in [6, 6.07) is 7.67. The van der Waals surface area contributed by atoms with Gasteiger partial charge in [0.2, 0.25) is 5.91 Å². The highest BCUT2D eigenvalue weighted by Gasteiger charge is 2.29. The van der Waals surface area contributed by atoms with Crippen LogP contribution >= 0.6 is 11.8 Å². The average molecular weight is 318 g/mol. The summed E-state index contributed by atoms with van der Waals surface area (Å²) in [6.07, 6.45) is 1.20. The van der Waals surface area contributed by atoms with Crippen molar-refractivity contribution in [3.63, 3.8) is 0 Å². The van der Waals surface area contributed by atoms with Crippen molar-refractivity contribution in [2.24, 2.45) is 11.8 Å². The van der Waals surface area contributed by atoms with E-state index in [-0.39, 0.29) is 11.2 Å². The van der Waals surface area contributed by atoms with Crippen LogP contribution in [0.25, 0.3) is 11.1 Å². The minimum absolute atomic E-state index is 0.175. The molecule has 1 aromatic carbocycles. The average Bonchev–Trinajstić information content (AvgIpc) is 2.87. The van der Waals surface area contributed by atoms with Crippen LogP contribution < -0.4 is 0 Å². The fourth-order valence-electron chi connectivity index (χ4n) is 3.20. The lowest BCUT2D eigenvalue weighted by atomic mass is 9.92. The van der Waals surface area contributed by atoms with E-state index < -0.39 is 0 Å². The number of hydrogen-bond donors (Lipinski definition) is 0. The first kappa shape index (κ1) is 15.4. The number of aromatic nitrogens is 1. The number of amides is 1. The maximum absolute atomic E-state index is 12.6. The number of fused-ring (bicyclic) bond motifs is 1. The van der Waals surface area contributed by atoms with E-state index in [9.17, 15) is 4.79 Å². The number of para-hydroxylation sites is 2. The molecule has 1 saturated heterocycles. The van der Waals surface area contributed by atoms with Crippen LogP contribution in [0.5, 0.6) is 0 Å². The lowest BCUT2D eigenvalue weighted by Gasteiger charge is -2.36. The van der Waals surface area contributed by atoms with Crippen LogP contribution in [-0.2, 0) is 4.79 Å². The Bertz CT molecular complexity index is 626. The third-order valence-corrected chi connectivity index (χ3v) is 5.01.